The Kier molecular flexibility index (Phi) is 5.12. The van der Waals surface area contributed by atoms with Gasteiger partial charge >= 0.3 is 0 Å². The van der Waals surface area contributed by atoms with Crippen molar-refractivity contribution in [1.29, 1.82) is 0 Å². The number of hydrogen-bond acceptors (Lipinski definition) is 2. The summed E-state index contributed by atoms with van der Waals surface area (Å²) >= 11 is 3.33. The van der Waals surface area contributed by atoms with E-state index in [0.29, 0.717) is 5.75 Å². The highest BCUT2D eigenvalue weighted by Crippen LogP contribution is 2.16. The maximum atomic E-state index is 12.7. The molecule has 0 fully saturated rings. The van der Waals surface area contributed by atoms with Crippen LogP contribution >= 0.6 is 15.9 Å². The summed E-state index contributed by atoms with van der Waals surface area (Å²) in [7, 11) is 0. The normalized spacial score (nSPS) is 10.1. The fraction of sp³-hybridized carbons (Fsp3) is 0.133. The number of amides is 1. The van der Waals surface area contributed by atoms with Gasteiger partial charge in [0.1, 0.15) is 11.6 Å². The number of ether oxygens (including phenoxy) is 1. The second kappa shape index (κ2) is 7.05. The number of carbonyl (C=O) groups is 1. The molecular formula is C15H13BrFNO2. The fourth-order valence-corrected chi connectivity index (χ4v) is 1.98. The number of rotatable bonds is 5. The van der Waals surface area contributed by atoms with Gasteiger partial charge in [-0.1, -0.05) is 22.0 Å². The van der Waals surface area contributed by atoms with Crippen LogP contribution in [0.4, 0.5) is 10.1 Å². The summed E-state index contributed by atoms with van der Waals surface area (Å²) in [4.78, 5) is 11.7. The SMILES string of the molecule is O=C(CCOc1ccc(F)cc1)Nc1cccc(Br)c1. The van der Waals surface area contributed by atoms with Crippen LogP contribution in [0.1, 0.15) is 6.42 Å². The Hall–Kier alpha value is -1.88. The van der Waals surface area contributed by atoms with E-state index in [-0.39, 0.29) is 24.8 Å². The molecule has 5 heteroatoms. The third kappa shape index (κ3) is 4.66. The van der Waals surface area contributed by atoms with Crippen molar-refractivity contribution in [2.24, 2.45) is 0 Å². The van der Waals surface area contributed by atoms with Gasteiger partial charge in [0.05, 0.1) is 13.0 Å². The van der Waals surface area contributed by atoms with Gasteiger partial charge in [0.15, 0.2) is 0 Å². The molecule has 0 aliphatic carbocycles. The molecule has 0 spiro atoms. The second-order valence-corrected chi connectivity index (χ2v) is 5.03. The van der Waals surface area contributed by atoms with E-state index >= 15 is 0 Å². The maximum Gasteiger partial charge on any atom is 0.227 e. The molecule has 104 valence electrons. The van der Waals surface area contributed by atoms with E-state index in [2.05, 4.69) is 21.2 Å². The van der Waals surface area contributed by atoms with Crippen molar-refractivity contribution in [2.45, 2.75) is 6.42 Å². The van der Waals surface area contributed by atoms with E-state index in [1.807, 2.05) is 24.3 Å². The van der Waals surface area contributed by atoms with Crippen LogP contribution in [-0.4, -0.2) is 12.5 Å². The predicted molar refractivity (Wildman–Crippen MR) is 79.3 cm³/mol. The molecule has 0 atom stereocenters. The van der Waals surface area contributed by atoms with Crippen molar-refractivity contribution in [3.8, 4) is 5.75 Å². The standard InChI is InChI=1S/C15H13BrFNO2/c16-11-2-1-3-13(10-11)18-15(19)8-9-20-14-6-4-12(17)5-7-14/h1-7,10H,8-9H2,(H,18,19). The number of carbonyl (C=O) groups excluding carboxylic acids is 1. The molecule has 20 heavy (non-hydrogen) atoms. The number of benzene rings is 2. The average molecular weight is 338 g/mol. The lowest BCUT2D eigenvalue weighted by atomic mass is 10.3. The summed E-state index contributed by atoms with van der Waals surface area (Å²) in [6.45, 7) is 0.242. The quantitative estimate of drug-likeness (QED) is 0.895. The van der Waals surface area contributed by atoms with E-state index in [4.69, 9.17) is 4.74 Å². The first-order valence-corrected chi connectivity index (χ1v) is 6.86. The lowest BCUT2D eigenvalue weighted by Crippen LogP contribution is -2.15. The zero-order valence-corrected chi connectivity index (χ0v) is 12.2. The molecule has 3 nitrogen and oxygen atoms in total. The van der Waals surface area contributed by atoms with Crippen molar-refractivity contribution in [1.82, 2.24) is 0 Å². The molecule has 0 saturated heterocycles. The maximum absolute atomic E-state index is 12.7. The summed E-state index contributed by atoms with van der Waals surface area (Å²) in [5.41, 5.74) is 0.728. The Labute approximate surface area is 124 Å². The van der Waals surface area contributed by atoms with Gasteiger partial charge in [-0.2, -0.15) is 0 Å². The highest BCUT2D eigenvalue weighted by molar-refractivity contribution is 9.10. The van der Waals surface area contributed by atoms with Crippen LogP contribution < -0.4 is 10.1 Å². The van der Waals surface area contributed by atoms with E-state index in [0.717, 1.165) is 10.2 Å². The number of nitrogens with one attached hydrogen (secondary N) is 1. The smallest absolute Gasteiger partial charge is 0.227 e. The van der Waals surface area contributed by atoms with Gasteiger partial charge < -0.3 is 10.1 Å². The summed E-state index contributed by atoms with van der Waals surface area (Å²) in [5.74, 6) is 0.0941. The minimum atomic E-state index is -0.315. The van der Waals surface area contributed by atoms with Crippen molar-refractivity contribution in [3.05, 3.63) is 58.8 Å². The third-order valence-electron chi connectivity index (χ3n) is 2.52. The van der Waals surface area contributed by atoms with Crippen LogP contribution in [-0.2, 0) is 4.79 Å². The molecule has 0 unspecified atom stereocenters. The van der Waals surface area contributed by atoms with Crippen LogP contribution in [0.3, 0.4) is 0 Å². The Bertz CT molecular complexity index is 587. The number of anilines is 1. The van der Waals surface area contributed by atoms with Crippen LogP contribution in [0.15, 0.2) is 53.0 Å². The zero-order chi connectivity index (χ0) is 14.4. The van der Waals surface area contributed by atoms with Crippen molar-refractivity contribution < 1.29 is 13.9 Å². The largest absolute Gasteiger partial charge is 0.493 e. The Morgan fingerprint density at radius 1 is 1.20 bits per heavy atom. The predicted octanol–water partition coefficient (Wildman–Crippen LogP) is 4.00. The monoisotopic (exact) mass is 337 g/mol. The molecule has 0 heterocycles. The van der Waals surface area contributed by atoms with Crippen LogP contribution in [0, 0.1) is 5.82 Å². The van der Waals surface area contributed by atoms with Crippen molar-refractivity contribution >= 4 is 27.5 Å². The zero-order valence-electron chi connectivity index (χ0n) is 10.6. The minimum Gasteiger partial charge on any atom is -0.493 e. The number of halogens is 2. The molecule has 0 radical (unpaired) electrons. The van der Waals surface area contributed by atoms with Crippen molar-refractivity contribution in [2.75, 3.05) is 11.9 Å². The summed E-state index contributed by atoms with van der Waals surface area (Å²) < 4.78 is 18.9. The molecule has 0 saturated carbocycles. The van der Waals surface area contributed by atoms with Gasteiger partial charge in [0, 0.05) is 10.2 Å². The fourth-order valence-electron chi connectivity index (χ4n) is 1.58. The molecule has 2 aromatic carbocycles. The molecule has 1 N–H and O–H groups in total. The van der Waals surface area contributed by atoms with Crippen LogP contribution in [0.2, 0.25) is 0 Å². The third-order valence-corrected chi connectivity index (χ3v) is 3.01. The summed E-state index contributed by atoms with van der Waals surface area (Å²) in [6, 6.07) is 13.0. The molecule has 2 aromatic rings. The van der Waals surface area contributed by atoms with E-state index < -0.39 is 0 Å². The minimum absolute atomic E-state index is 0.134. The number of hydrogen-bond donors (Lipinski definition) is 1. The van der Waals surface area contributed by atoms with Crippen LogP contribution in [0.25, 0.3) is 0 Å². The van der Waals surface area contributed by atoms with E-state index in [1.165, 1.54) is 24.3 Å². The highest BCUT2D eigenvalue weighted by Gasteiger charge is 2.03. The van der Waals surface area contributed by atoms with Gasteiger partial charge in [0.25, 0.3) is 0 Å². The molecule has 1 amide bonds. The van der Waals surface area contributed by atoms with E-state index in [9.17, 15) is 9.18 Å². The molecule has 2 rings (SSSR count). The first-order chi connectivity index (χ1) is 9.63. The molecular weight excluding hydrogens is 325 g/mol. The topological polar surface area (TPSA) is 38.3 Å². The first-order valence-electron chi connectivity index (χ1n) is 6.07. The highest BCUT2D eigenvalue weighted by atomic mass is 79.9. The van der Waals surface area contributed by atoms with Gasteiger partial charge in [-0.15, -0.1) is 0 Å². The molecule has 0 aliphatic heterocycles. The van der Waals surface area contributed by atoms with Gasteiger partial charge in [0.2, 0.25) is 5.91 Å². The average Bonchev–Trinajstić information content (AvgIpc) is 2.41. The lowest BCUT2D eigenvalue weighted by molar-refractivity contribution is -0.116. The molecule has 0 aliphatic rings. The summed E-state index contributed by atoms with van der Waals surface area (Å²) in [5, 5.41) is 2.77. The Morgan fingerprint density at radius 3 is 2.65 bits per heavy atom. The van der Waals surface area contributed by atoms with Crippen molar-refractivity contribution in [3.63, 3.8) is 0 Å². The van der Waals surface area contributed by atoms with E-state index in [1.54, 1.807) is 0 Å². The van der Waals surface area contributed by atoms with Crippen LogP contribution in [0.5, 0.6) is 5.75 Å². The Morgan fingerprint density at radius 2 is 1.95 bits per heavy atom. The second-order valence-electron chi connectivity index (χ2n) is 4.11. The molecule has 0 aromatic heterocycles. The Balaban J connectivity index is 1.76. The van der Waals surface area contributed by atoms with Gasteiger partial charge in [-0.05, 0) is 42.5 Å². The first kappa shape index (κ1) is 14.5. The van der Waals surface area contributed by atoms with Gasteiger partial charge in [-0.25, -0.2) is 4.39 Å². The van der Waals surface area contributed by atoms with Gasteiger partial charge in [-0.3, -0.25) is 4.79 Å². The lowest BCUT2D eigenvalue weighted by Gasteiger charge is -2.07. The summed E-state index contributed by atoms with van der Waals surface area (Å²) in [6.07, 6.45) is 0.226. The molecule has 0 bridgehead atoms.